The van der Waals surface area contributed by atoms with Crippen LogP contribution in [-0.4, -0.2) is 36.5 Å². The molecule has 1 amide bonds. The molecule has 0 saturated carbocycles. The summed E-state index contributed by atoms with van der Waals surface area (Å²) >= 11 is 1.44. The molecule has 2 aromatic rings. The lowest BCUT2D eigenvalue weighted by Crippen LogP contribution is -2.37. The maximum absolute atomic E-state index is 12.3. The van der Waals surface area contributed by atoms with Gasteiger partial charge in [0, 0.05) is 18.0 Å². The first kappa shape index (κ1) is 18.4. The zero-order valence-electron chi connectivity index (χ0n) is 15.2. The summed E-state index contributed by atoms with van der Waals surface area (Å²) in [6, 6.07) is 12.0. The molecule has 0 aliphatic carbocycles. The van der Waals surface area contributed by atoms with E-state index in [1.54, 1.807) is 4.90 Å². The molecule has 3 rings (SSSR count). The van der Waals surface area contributed by atoms with Gasteiger partial charge in [-0.15, -0.1) is 11.3 Å². The van der Waals surface area contributed by atoms with Crippen LogP contribution in [0.3, 0.4) is 0 Å². The molecule has 0 spiro atoms. The summed E-state index contributed by atoms with van der Waals surface area (Å²) in [6.45, 7) is 5.05. The number of nitrogens with zero attached hydrogens (tertiary/aromatic N) is 1. The fourth-order valence-corrected chi connectivity index (χ4v) is 4.08. The minimum atomic E-state index is -0.413. The Kier molecular flexibility index (Phi) is 5.89. The van der Waals surface area contributed by atoms with E-state index in [2.05, 4.69) is 25.1 Å². The van der Waals surface area contributed by atoms with E-state index in [1.165, 1.54) is 27.4 Å². The number of rotatable bonds is 5. The quantitative estimate of drug-likeness (QED) is 0.746. The second kappa shape index (κ2) is 8.32. The Balaban J connectivity index is 1.53. The van der Waals surface area contributed by atoms with Gasteiger partial charge < -0.3 is 9.64 Å². The van der Waals surface area contributed by atoms with Crippen molar-refractivity contribution in [3.05, 3.63) is 63.4 Å². The van der Waals surface area contributed by atoms with Crippen LogP contribution in [-0.2, 0) is 16.0 Å². The summed E-state index contributed by atoms with van der Waals surface area (Å²) in [5.74, 6) is -0.561. The lowest BCUT2D eigenvalue weighted by Gasteiger charge is -2.26. The Bertz CT molecular complexity index is 823. The molecular formula is C21H23NO3S. The summed E-state index contributed by atoms with van der Waals surface area (Å²) in [7, 11) is 0. The van der Waals surface area contributed by atoms with Crippen LogP contribution in [0.15, 0.2) is 42.5 Å². The number of carbonyl (C=O) groups is 2. The Morgan fingerprint density at radius 2 is 2.00 bits per heavy atom. The summed E-state index contributed by atoms with van der Waals surface area (Å²) in [5, 5.41) is 0. The van der Waals surface area contributed by atoms with E-state index in [-0.39, 0.29) is 12.5 Å². The number of ether oxygens (including phenoxy) is 1. The number of carbonyl (C=O) groups excluding carboxylic acids is 2. The maximum atomic E-state index is 12.3. The van der Waals surface area contributed by atoms with E-state index in [0.717, 1.165) is 18.4 Å². The van der Waals surface area contributed by atoms with Gasteiger partial charge in [0.2, 0.25) is 0 Å². The van der Waals surface area contributed by atoms with Crippen LogP contribution in [0.1, 0.15) is 39.0 Å². The van der Waals surface area contributed by atoms with Gasteiger partial charge in [-0.05, 0) is 42.5 Å². The largest absolute Gasteiger partial charge is 0.451 e. The van der Waals surface area contributed by atoms with Crippen molar-refractivity contribution < 1.29 is 14.3 Å². The lowest BCUT2D eigenvalue weighted by atomic mass is 10.00. The highest BCUT2D eigenvalue weighted by atomic mass is 32.1. The number of benzene rings is 1. The predicted octanol–water partition coefficient (Wildman–Crippen LogP) is 4.09. The van der Waals surface area contributed by atoms with Crippen LogP contribution in [0, 0.1) is 6.92 Å². The fraction of sp³-hybridized carbons (Fsp3) is 0.333. The molecule has 1 aromatic carbocycles. The van der Waals surface area contributed by atoms with E-state index in [9.17, 15) is 9.59 Å². The van der Waals surface area contributed by atoms with Crippen molar-refractivity contribution in [1.29, 1.82) is 0 Å². The number of amides is 1. The van der Waals surface area contributed by atoms with Crippen LogP contribution >= 0.6 is 11.3 Å². The molecule has 0 atom stereocenters. The molecule has 4 nitrogen and oxygen atoms in total. The lowest BCUT2D eigenvalue weighted by molar-refractivity contribution is -0.134. The molecule has 0 unspecified atom stereocenters. The SMILES string of the molecule is CCc1sc(C(=O)OCC(=O)N2CC=C(c3ccccc3)CC2)cc1C. The number of thiophene rings is 1. The van der Waals surface area contributed by atoms with Gasteiger partial charge in [0.15, 0.2) is 6.61 Å². The zero-order chi connectivity index (χ0) is 18.5. The van der Waals surface area contributed by atoms with Crippen LogP contribution in [0.25, 0.3) is 5.57 Å². The minimum Gasteiger partial charge on any atom is -0.451 e. The topological polar surface area (TPSA) is 46.6 Å². The average Bonchev–Trinajstić information content (AvgIpc) is 3.07. The van der Waals surface area contributed by atoms with Gasteiger partial charge >= 0.3 is 5.97 Å². The van der Waals surface area contributed by atoms with Gasteiger partial charge in [-0.3, -0.25) is 4.79 Å². The van der Waals surface area contributed by atoms with E-state index in [4.69, 9.17) is 4.74 Å². The number of hydrogen-bond donors (Lipinski definition) is 0. The smallest absolute Gasteiger partial charge is 0.348 e. The molecule has 0 bridgehead atoms. The molecule has 136 valence electrons. The predicted molar refractivity (Wildman–Crippen MR) is 104 cm³/mol. The number of hydrogen-bond acceptors (Lipinski definition) is 4. The average molecular weight is 369 g/mol. The normalized spacial score (nSPS) is 14.1. The highest BCUT2D eigenvalue weighted by Gasteiger charge is 2.20. The molecule has 0 saturated heterocycles. The maximum Gasteiger partial charge on any atom is 0.348 e. The monoisotopic (exact) mass is 369 g/mol. The van der Waals surface area contributed by atoms with Crippen LogP contribution in [0.5, 0.6) is 0 Å². The second-order valence-electron chi connectivity index (χ2n) is 6.33. The summed E-state index contributed by atoms with van der Waals surface area (Å²) < 4.78 is 5.23. The first-order valence-electron chi connectivity index (χ1n) is 8.87. The fourth-order valence-electron chi connectivity index (χ4n) is 3.07. The van der Waals surface area contributed by atoms with E-state index in [1.807, 2.05) is 31.2 Å². The van der Waals surface area contributed by atoms with Crippen LogP contribution < -0.4 is 0 Å². The van der Waals surface area contributed by atoms with Gasteiger partial charge in [-0.25, -0.2) is 4.79 Å². The van der Waals surface area contributed by atoms with Gasteiger partial charge in [-0.2, -0.15) is 0 Å². The van der Waals surface area contributed by atoms with Crippen molar-refractivity contribution in [2.45, 2.75) is 26.7 Å². The van der Waals surface area contributed by atoms with E-state index >= 15 is 0 Å². The van der Waals surface area contributed by atoms with Gasteiger partial charge in [0.05, 0.1) is 0 Å². The molecule has 0 N–H and O–H groups in total. The van der Waals surface area contributed by atoms with Crippen molar-refractivity contribution in [2.75, 3.05) is 19.7 Å². The first-order valence-corrected chi connectivity index (χ1v) is 9.68. The molecule has 1 aliphatic heterocycles. The molecular weight excluding hydrogens is 346 g/mol. The third-order valence-corrected chi connectivity index (χ3v) is 5.94. The van der Waals surface area contributed by atoms with Crippen molar-refractivity contribution in [2.24, 2.45) is 0 Å². The minimum absolute atomic E-state index is 0.147. The van der Waals surface area contributed by atoms with Crippen molar-refractivity contribution in [3.8, 4) is 0 Å². The Hall–Kier alpha value is -2.40. The molecule has 26 heavy (non-hydrogen) atoms. The van der Waals surface area contributed by atoms with Crippen molar-refractivity contribution >= 4 is 28.8 Å². The first-order chi connectivity index (χ1) is 12.6. The molecule has 5 heteroatoms. The summed E-state index contributed by atoms with van der Waals surface area (Å²) in [4.78, 5) is 28.0. The molecule has 1 aliphatic rings. The third kappa shape index (κ3) is 4.22. The molecule has 0 fully saturated rings. The number of aryl methyl sites for hydroxylation is 2. The highest BCUT2D eigenvalue weighted by molar-refractivity contribution is 7.14. The zero-order valence-corrected chi connectivity index (χ0v) is 16.0. The van der Waals surface area contributed by atoms with Crippen molar-refractivity contribution in [3.63, 3.8) is 0 Å². The molecule has 1 aromatic heterocycles. The number of esters is 1. The highest BCUT2D eigenvalue weighted by Crippen LogP contribution is 2.24. The van der Waals surface area contributed by atoms with Crippen molar-refractivity contribution in [1.82, 2.24) is 4.90 Å². The van der Waals surface area contributed by atoms with Crippen LogP contribution in [0.2, 0.25) is 0 Å². The Labute approximate surface area is 158 Å². The Morgan fingerprint density at radius 1 is 1.23 bits per heavy atom. The van der Waals surface area contributed by atoms with Gasteiger partial charge in [0.1, 0.15) is 4.88 Å². The summed E-state index contributed by atoms with van der Waals surface area (Å²) in [6.07, 6.45) is 3.79. The van der Waals surface area contributed by atoms with Gasteiger partial charge in [-0.1, -0.05) is 43.3 Å². The Morgan fingerprint density at radius 3 is 2.62 bits per heavy atom. The van der Waals surface area contributed by atoms with E-state index in [0.29, 0.717) is 18.0 Å². The van der Waals surface area contributed by atoms with Crippen LogP contribution in [0.4, 0.5) is 0 Å². The molecule has 2 heterocycles. The summed E-state index contributed by atoms with van der Waals surface area (Å²) in [5.41, 5.74) is 3.56. The third-order valence-electron chi connectivity index (χ3n) is 4.58. The standard InChI is InChI=1S/C21H23NO3S/c1-3-18-15(2)13-19(26-18)21(24)25-14-20(23)22-11-9-17(10-12-22)16-7-5-4-6-8-16/h4-9,13H,3,10-12,14H2,1-2H3. The molecule has 0 radical (unpaired) electrons. The van der Waals surface area contributed by atoms with Gasteiger partial charge in [0.25, 0.3) is 5.91 Å². The second-order valence-corrected chi connectivity index (χ2v) is 7.47. The van der Waals surface area contributed by atoms with E-state index < -0.39 is 5.97 Å².